The molecule has 1 heterocycles. The summed E-state index contributed by atoms with van der Waals surface area (Å²) in [6.45, 7) is 1.72. The second-order valence-electron chi connectivity index (χ2n) is 1.88. The summed E-state index contributed by atoms with van der Waals surface area (Å²) in [6, 6.07) is 0. The normalized spacial score (nSPS) is 10.0. The largest absolute Gasteiger partial charge is 0.348 e. The highest BCUT2D eigenvalue weighted by Crippen LogP contribution is 2.27. The van der Waals surface area contributed by atoms with Crippen LogP contribution in [0.25, 0.3) is 0 Å². The summed E-state index contributed by atoms with van der Waals surface area (Å²) in [5, 5.41) is 11.0. The summed E-state index contributed by atoms with van der Waals surface area (Å²) in [7, 11) is 0. The van der Waals surface area contributed by atoms with Crippen LogP contribution in [0.1, 0.15) is 10.7 Å². The van der Waals surface area contributed by atoms with E-state index in [2.05, 4.69) is 4.98 Å². The smallest absolute Gasteiger partial charge is 0.257 e. The monoisotopic (exact) mass is 192 g/mol. The number of nitrogens with zero attached hydrogens (tertiary/aromatic N) is 2. The summed E-state index contributed by atoms with van der Waals surface area (Å²) in [5.74, 6) is 0.0979. The molecule has 0 fully saturated rings. The second-order valence-corrected chi connectivity index (χ2v) is 3.32. The van der Waals surface area contributed by atoms with E-state index in [9.17, 15) is 10.1 Å². The molecule has 0 aliphatic heterocycles. The minimum Gasteiger partial charge on any atom is -0.257 e. The highest BCUT2D eigenvalue weighted by Gasteiger charge is 2.17. The third-order valence-electron chi connectivity index (χ3n) is 1.08. The predicted octanol–water partition coefficient (Wildman–Crippen LogP) is 2.10. The van der Waals surface area contributed by atoms with Crippen LogP contribution in [-0.2, 0) is 5.88 Å². The van der Waals surface area contributed by atoms with Crippen molar-refractivity contribution in [2.45, 2.75) is 12.8 Å². The van der Waals surface area contributed by atoms with Gasteiger partial charge in [0, 0.05) is 0 Å². The highest BCUT2D eigenvalue weighted by atomic mass is 35.5. The molecule has 0 bridgehead atoms. The predicted molar refractivity (Wildman–Crippen MR) is 43.1 cm³/mol. The van der Waals surface area contributed by atoms with Crippen molar-refractivity contribution in [1.82, 2.24) is 4.98 Å². The molecular formula is C5H5ClN2O2S. The van der Waals surface area contributed by atoms with Gasteiger partial charge in [-0.05, 0) is 18.3 Å². The molecular weight excluding hydrogens is 188 g/mol. The molecule has 1 aromatic rings. The standard InChI is InChI=1S/C5H5ClN2O2S/c1-3-7-4(2-6)5(11-3)8(9)10/h2H2,1H3. The average molecular weight is 193 g/mol. The van der Waals surface area contributed by atoms with Gasteiger partial charge in [0.2, 0.25) is 0 Å². The van der Waals surface area contributed by atoms with Crippen LogP contribution in [0, 0.1) is 17.0 Å². The number of hydrogen-bond donors (Lipinski definition) is 0. The molecule has 0 spiro atoms. The molecule has 6 heteroatoms. The Hall–Kier alpha value is -0.680. The Morgan fingerprint density at radius 3 is 2.82 bits per heavy atom. The first-order chi connectivity index (χ1) is 5.15. The molecule has 0 unspecified atom stereocenters. The van der Waals surface area contributed by atoms with E-state index in [0.29, 0.717) is 10.7 Å². The van der Waals surface area contributed by atoms with Gasteiger partial charge >= 0.3 is 5.00 Å². The topological polar surface area (TPSA) is 56.0 Å². The van der Waals surface area contributed by atoms with E-state index in [-0.39, 0.29) is 10.9 Å². The Labute approximate surface area is 72.0 Å². The number of nitro groups is 1. The minimum absolute atomic E-state index is 0.0532. The molecule has 1 aromatic heterocycles. The van der Waals surface area contributed by atoms with Gasteiger partial charge in [0.15, 0.2) is 0 Å². The number of aromatic nitrogens is 1. The lowest BCUT2D eigenvalue weighted by Crippen LogP contribution is -1.88. The van der Waals surface area contributed by atoms with Crippen molar-refractivity contribution in [3.05, 3.63) is 20.8 Å². The third-order valence-corrected chi connectivity index (χ3v) is 2.29. The molecule has 60 valence electrons. The van der Waals surface area contributed by atoms with Gasteiger partial charge in [0.1, 0.15) is 5.69 Å². The van der Waals surface area contributed by atoms with Crippen molar-refractivity contribution in [3.8, 4) is 0 Å². The first-order valence-corrected chi connectivity index (χ1v) is 4.17. The van der Waals surface area contributed by atoms with Crippen LogP contribution in [0.2, 0.25) is 0 Å². The number of aryl methyl sites for hydroxylation is 1. The number of alkyl halides is 1. The zero-order valence-corrected chi connectivity index (χ0v) is 7.28. The number of halogens is 1. The van der Waals surface area contributed by atoms with Crippen molar-refractivity contribution in [2.24, 2.45) is 0 Å². The van der Waals surface area contributed by atoms with Crippen molar-refractivity contribution in [3.63, 3.8) is 0 Å². The van der Waals surface area contributed by atoms with Gasteiger partial charge in [-0.2, -0.15) is 0 Å². The molecule has 4 nitrogen and oxygen atoms in total. The lowest BCUT2D eigenvalue weighted by atomic mass is 10.5. The first kappa shape index (κ1) is 8.42. The number of rotatable bonds is 2. The number of thiazole rings is 1. The maximum atomic E-state index is 10.3. The lowest BCUT2D eigenvalue weighted by molar-refractivity contribution is -0.381. The molecule has 0 radical (unpaired) electrons. The summed E-state index contributed by atoms with van der Waals surface area (Å²) in [5.41, 5.74) is 0.360. The Morgan fingerprint density at radius 2 is 2.45 bits per heavy atom. The molecule has 0 amide bonds. The van der Waals surface area contributed by atoms with E-state index in [1.807, 2.05) is 0 Å². The van der Waals surface area contributed by atoms with Gasteiger partial charge in [-0.15, -0.1) is 11.6 Å². The van der Waals surface area contributed by atoms with E-state index in [4.69, 9.17) is 11.6 Å². The van der Waals surface area contributed by atoms with E-state index < -0.39 is 4.92 Å². The Bertz CT molecular complexity index is 286. The van der Waals surface area contributed by atoms with Crippen LogP contribution in [0.15, 0.2) is 0 Å². The Kier molecular flexibility index (Phi) is 2.41. The SMILES string of the molecule is Cc1nc(CCl)c([N+](=O)[O-])s1. The van der Waals surface area contributed by atoms with Crippen LogP contribution >= 0.6 is 22.9 Å². The van der Waals surface area contributed by atoms with E-state index >= 15 is 0 Å². The van der Waals surface area contributed by atoms with Crippen LogP contribution in [-0.4, -0.2) is 9.91 Å². The van der Waals surface area contributed by atoms with Crippen LogP contribution in [0.5, 0.6) is 0 Å². The quantitative estimate of drug-likeness (QED) is 0.410. The van der Waals surface area contributed by atoms with Gasteiger partial charge < -0.3 is 0 Å². The van der Waals surface area contributed by atoms with Crippen molar-refractivity contribution in [1.29, 1.82) is 0 Å². The lowest BCUT2D eigenvalue weighted by Gasteiger charge is -1.85. The Morgan fingerprint density at radius 1 is 1.82 bits per heavy atom. The molecule has 0 saturated heterocycles. The molecule has 0 aliphatic rings. The fourth-order valence-electron chi connectivity index (χ4n) is 0.689. The molecule has 1 rings (SSSR count). The van der Waals surface area contributed by atoms with Gasteiger partial charge in [0.05, 0.1) is 15.8 Å². The average Bonchev–Trinajstić information content (AvgIpc) is 2.30. The third kappa shape index (κ3) is 1.66. The van der Waals surface area contributed by atoms with Gasteiger partial charge in [-0.3, -0.25) is 10.1 Å². The van der Waals surface area contributed by atoms with E-state index in [0.717, 1.165) is 11.3 Å². The molecule has 0 saturated carbocycles. The molecule has 0 atom stereocenters. The first-order valence-electron chi connectivity index (χ1n) is 2.82. The van der Waals surface area contributed by atoms with Crippen LogP contribution in [0.4, 0.5) is 5.00 Å². The summed E-state index contributed by atoms with van der Waals surface area (Å²) >= 11 is 6.48. The second kappa shape index (κ2) is 3.15. The van der Waals surface area contributed by atoms with Crippen molar-refractivity contribution in [2.75, 3.05) is 0 Å². The minimum atomic E-state index is -0.456. The van der Waals surface area contributed by atoms with Gasteiger partial charge in [-0.25, -0.2) is 4.98 Å². The molecule has 0 N–H and O–H groups in total. The number of hydrogen-bond acceptors (Lipinski definition) is 4. The van der Waals surface area contributed by atoms with Crippen molar-refractivity contribution >= 4 is 27.9 Å². The highest BCUT2D eigenvalue weighted by molar-refractivity contribution is 7.15. The summed E-state index contributed by atoms with van der Waals surface area (Å²) < 4.78 is 0. The maximum absolute atomic E-state index is 10.3. The fraction of sp³-hybridized carbons (Fsp3) is 0.400. The summed E-state index contributed by atoms with van der Waals surface area (Å²) in [4.78, 5) is 13.8. The van der Waals surface area contributed by atoms with E-state index in [1.54, 1.807) is 6.92 Å². The van der Waals surface area contributed by atoms with Crippen LogP contribution in [0.3, 0.4) is 0 Å². The van der Waals surface area contributed by atoms with Gasteiger partial charge in [0.25, 0.3) is 0 Å². The van der Waals surface area contributed by atoms with E-state index in [1.165, 1.54) is 0 Å². The van der Waals surface area contributed by atoms with Crippen molar-refractivity contribution < 1.29 is 4.92 Å². The molecule has 11 heavy (non-hydrogen) atoms. The van der Waals surface area contributed by atoms with Gasteiger partial charge in [-0.1, -0.05) is 0 Å². The zero-order chi connectivity index (χ0) is 8.43. The Balaban J connectivity index is 3.12. The van der Waals surface area contributed by atoms with Crippen LogP contribution < -0.4 is 0 Å². The fourth-order valence-corrected chi connectivity index (χ4v) is 1.70. The molecule has 0 aliphatic carbocycles. The maximum Gasteiger partial charge on any atom is 0.348 e. The zero-order valence-electron chi connectivity index (χ0n) is 5.70. The summed E-state index contributed by atoms with van der Waals surface area (Å²) in [6.07, 6.45) is 0. The molecule has 0 aromatic carbocycles.